The van der Waals surface area contributed by atoms with E-state index in [-0.39, 0.29) is 17.7 Å². The fraction of sp³-hybridized carbons (Fsp3) is 0.533. The topological polar surface area (TPSA) is 52.6 Å². The van der Waals surface area contributed by atoms with Crippen LogP contribution in [0.25, 0.3) is 0 Å². The maximum Gasteiger partial charge on any atom is 0.224 e. The van der Waals surface area contributed by atoms with Gasteiger partial charge < -0.3 is 15.3 Å². The van der Waals surface area contributed by atoms with Gasteiger partial charge in [0.2, 0.25) is 5.91 Å². The van der Waals surface area contributed by atoms with Gasteiger partial charge in [-0.15, -0.1) is 0 Å². The van der Waals surface area contributed by atoms with Gasteiger partial charge in [-0.05, 0) is 32.4 Å². The Hall–Kier alpha value is -1.55. The summed E-state index contributed by atoms with van der Waals surface area (Å²) in [4.78, 5) is 13.9. The van der Waals surface area contributed by atoms with E-state index < -0.39 is 0 Å². The van der Waals surface area contributed by atoms with Crippen molar-refractivity contribution in [3.63, 3.8) is 0 Å². The van der Waals surface area contributed by atoms with Gasteiger partial charge in [-0.25, -0.2) is 0 Å². The quantitative estimate of drug-likeness (QED) is 0.873. The molecule has 1 heterocycles. The van der Waals surface area contributed by atoms with Gasteiger partial charge in [-0.2, -0.15) is 0 Å². The molecule has 0 aromatic heterocycles. The molecule has 104 valence electrons. The second-order valence-corrected chi connectivity index (χ2v) is 5.24. The minimum Gasteiger partial charge on any atom is -0.508 e. The molecule has 2 N–H and O–H groups in total. The van der Waals surface area contributed by atoms with Crippen molar-refractivity contribution in [1.82, 2.24) is 10.2 Å². The van der Waals surface area contributed by atoms with Gasteiger partial charge in [0.1, 0.15) is 5.75 Å². The van der Waals surface area contributed by atoms with Crippen LogP contribution in [0.15, 0.2) is 24.3 Å². The first-order valence-electron chi connectivity index (χ1n) is 6.86. The highest BCUT2D eigenvalue weighted by atomic mass is 16.3. The van der Waals surface area contributed by atoms with E-state index in [4.69, 9.17) is 0 Å². The average molecular weight is 262 g/mol. The minimum absolute atomic E-state index is 0.116. The standard InChI is InChI=1S/C15H22N2O2/c1-11(13-7-3-4-8-14(13)18)17(2)15(19)10-12-6-5-9-16-12/h3-4,7-8,11-12,16,18H,5-6,9-10H2,1-2H3. The Labute approximate surface area is 114 Å². The first-order chi connectivity index (χ1) is 9.09. The number of phenolic OH excluding ortho intramolecular Hbond substituents is 1. The Kier molecular flexibility index (Phi) is 4.43. The lowest BCUT2D eigenvalue weighted by Gasteiger charge is -2.27. The van der Waals surface area contributed by atoms with E-state index in [1.165, 1.54) is 0 Å². The molecular formula is C15H22N2O2. The molecule has 0 aliphatic carbocycles. The van der Waals surface area contributed by atoms with E-state index in [0.29, 0.717) is 12.5 Å². The van der Waals surface area contributed by atoms with Crippen LogP contribution in [-0.4, -0.2) is 35.5 Å². The first-order valence-corrected chi connectivity index (χ1v) is 6.86. The predicted molar refractivity (Wildman–Crippen MR) is 74.9 cm³/mol. The number of rotatable bonds is 4. The molecule has 1 aliphatic heterocycles. The predicted octanol–water partition coefficient (Wildman–Crippen LogP) is 2.05. The summed E-state index contributed by atoms with van der Waals surface area (Å²) in [5.41, 5.74) is 0.790. The van der Waals surface area contributed by atoms with Crippen molar-refractivity contribution >= 4 is 5.91 Å². The summed E-state index contributed by atoms with van der Waals surface area (Å²) < 4.78 is 0. The zero-order valence-corrected chi connectivity index (χ0v) is 11.6. The highest BCUT2D eigenvalue weighted by Crippen LogP contribution is 2.27. The number of aromatic hydroxyl groups is 1. The number of hydrogen-bond donors (Lipinski definition) is 2. The van der Waals surface area contributed by atoms with Crippen LogP contribution in [0.4, 0.5) is 0 Å². The fourth-order valence-electron chi connectivity index (χ4n) is 2.55. The molecule has 0 saturated carbocycles. The van der Waals surface area contributed by atoms with Gasteiger partial charge in [0.05, 0.1) is 6.04 Å². The number of carbonyl (C=O) groups is 1. The minimum atomic E-state index is -0.116. The number of nitrogens with one attached hydrogen (secondary N) is 1. The number of para-hydroxylation sites is 1. The molecule has 1 aliphatic rings. The van der Waals surface area contributed by atoms with Crippen molar-refractivity contribution in [1.29, 1.82) is 0 Å². The van der Waals surface area contributed by atoms with Crippen LogP contribution in [0, 0.1) is 0 Å². The summed E-state index contributed by atoms with van der Waals surface area (Å²) in [5, 5.41) is 13.2. The SMILES string of the molecule is CC(c1ccccc1O)N(C)C(=O)CC1CCCN1. The van der Waals surface area contributed by atoms with E-state index >= 15 is 0 Å². The van der Waals surface area contributed by atoms with Gasteiger partial charge in [0, 0.05) is 25.1 Å². The Morgan fingerprint density at radius 2 is 2.26 bits per heavy atom. The lowest BCUT2D eigenvalue weighted by atomic mass is 10.0. The van der Waals surface area contributed by atoms with Crippen molar-refractivity contribution in [3.05, 3.63) is 29.8 Å². The van der Waals surface area contributed by atoms with Crippen LogP contribution in [0.5, 0.6) is 5.75 Å². The molecule has 2 rings (SSSR count). The summed E-state index contributed by atoms with van der Waals surface area (Å²) in [6, 6.07) is 7.38. The second kappa shape index (κ2) is 6.06. The summed E-state index contributed by atoms with van der Waals surface area (Å²) in [5.74, 6) is 0.365. The van der Waals surface area contributed by atoms with Gasteiger partial charge in [0.25, 0.3) is 0 Å². The van der Waals surface area contributed by atoms with E-state index in [1.54, 1.807) is 24.1 Å². The molecule has 0 radical (unpaired) electrons. The molecule has 0 bridgehead atoms. The number of amides is 1. The van der Waals surface area contributed by atoms with Crippen molar-refractivity contribution in [2.45, 2.75) is 38.3 Å². The molecule has 0 spiro atoms. The molecule has 1 amide bonds. The molecule has 2 unspecified atom stereocenters. The summed E-state index contributed by atoms with van der Waals surface area (Å²) in [6.07, 6.45) is 2.76. The van der Waals surface area contributed by atoms with E-state index in [1.807, 2.05) is 19.1 Å². The molecule has 1 fully saturated rings. The maximum absolute atomic E-state index is 12.2. The van der Waals surface area contributed by atoms with E-state index in [2.05, 4.69) is 5.32 Å². The fourth-order valence-corrected chi connectivity index (χ4v) is 2.55. The average Bonchev–Trinajstić information content (AvgIpc) is 2.90. The highest BCUT2D eigenvalue weighted by molar-refractivity contribution is 5.77. The Morgan fingerprint density at radius 1 is 1.53 bits per heavy atom. The van der Waals surface area contributed by atoms with Crippen LogP contribution >= 0.6 is 0 Å². The zero-order chi connectivity index (χ0) is 13.8. The van der Waals surface area contributed by atoms with E-state index in [0.717, 1.165) is 24.9 Å². The van der Waals surface area contributed by atoms with Crippen LogP contribution in [-0.2, 0) is 4.79 Å². The van der Waals surface area contributed by atoms with Crippen molar-refractivity contribution in [2.24, 2.45) is 0 Å². The smallest absolute Gasteiger partial charge is 0.224 e. The van der Waals surface area contributed by atoms with Crippen LogP contribution < -0.4 is 5.32 Å². The molecule has 19 heavy (non-hydrogen) atoms. The third-order valence-electron chi connectivity index (χ3n) is 3.94. The normalized spacial score (nSPS) is 20.2. The van der Waals surface area contributed by atoms with Crippen LogP contribution in [0.2, 0.25) is 0 Å². The Bertz CT molecular complexity index is 442. The number of benzene rings is 1. The second-order valence-electron chi connectivity index (χ2n) is 5.24. The summed E-state index contributed by atoms with van der Waals surface area (Å²) in [7, 11) is 1.80. The van der Waals surface area contributed by atoms with Crippen LogP contribution in [0.3, 0.4) is 0 Å². The van der Waals surface area contributed by atoms with Crippen molar-refractivity contribution in [3.8, 4) is 5.75 Å². The van der Waals surface area contributed by atoms with E-state index in [9.17, 15) is 9.90 Å². The lowest BCUT2D eigenvalue weighted by molar-refractivity contribution is -0.132. The largest absolute Gasteiger partial charge is 0.508 e. The van der Waals surface area contributed by atoms with Crippen LogP contribution in [0.1, 0.15) is 37.8 Å². The Morgan fingerprint density at radius 3 is 2.89 bits per heavy atom. The van der Waals surface area contributed by atoms with Gasteiger partial charge >= 0.3 is 0 Å². The molecule has 1 aromatic carbocycles. The van der Waals surface area contributed by atoms with Crippen molar-refractivity contribution in [2.75, 3.05) is 13.6 Å². The molecule has 1 aromatic rings. The number of phenols is 1. The van der Waals surface area contributed by atoms with Gasteiger partial charge in [-0.3, -0.25) is 4.79 Å². The monoisotopic (exact) mass is 262 g/mol. The summed E-state index contributed by atoms with van der Waals surface area (Å²) in [6.45, 7) is 2.95. The van der Waals surface area contributed by atoms with Gasteiger partial charge in [0.15, 0.2) is 0 Å². The number of carbonyl (C=O) groups excluding carboxylic acids is 1. The third kappa shape index (κ3) is 3.26. The summed E-state index contributed by atoms with van der Waals surface area (Å²) >= 11 is 0. The zero-order valence-electron chi connectivity index (χ0n) is 11.6. The Balaban J connectivity index is 2.00. The molecule has 4 heteroatoms. The highest BCUT2D eigenvalue weighted by Gasteiger charge is 2.23. The third-order valence-corrected chi connectivity index (χ3v) is 3.94. The number of hydrogen-bond acceptors (Lipinski definition) is 3. The van der Waals surface area contributed by atoms with Gasteiger partial charge in [-0.1, -0.05) is 18.2 Å². The molecule has 4 nitrogen and oxygen atoms in total. The molecule has 2 atom stereocenters. The maximum atomic E-state index is 12.2. The van der Waals surface area contributed by atoms with Crippen molar-refractivity contribution < 1.29 is 9.90 Å². The molecule has 1 saturated heterocycles. The molecular weight excluding hydrogens is 240 g/mol. The lowest BCUT2D eigenvalue weighted by Crippen LogP contribution is -2.35. The first kappa shape index (κ1) is 13.9. The number of nitrogens with zero attached hydrogens (tertiary/aromatic N) is 1.